The van der Waals surface area contributed by atoms with Gasteiger partial charge in [0.2, 0.25) is 0 Å². The normalized spacial score (nSPS) is 13.4. The number of fused-ring (bicyclic) bond motifs is 9. The molecule has 0 radical (unpaired) electrons. The molecule has 0 bridgehead atoms. The lowest BCUT2D eigenvalue weighted by Gasteiger charge is -2.36. The molecule has 3 heteroatoms. The first-order chi connectivity index (χ1) is 19.3. The van der Waals surface area contributed by atoms with Gasteiger partial charge < -0.3 is 9.47 Å². The molecule has 0 amide bonds. The number of rotatable bonds is 1. The van der Waals surface area contributed by atoms with Crippen LogP contribution in [0.5, 0.6) is 23.0 Å². The number of ether oxygens (including phenoxy) is 2. The Hall–Kier alpha value is -4.65. The molecular formula is C36H21O2P. The molecule has 0 aliphatic carbocycles. The van der Waals surface area contributed by atoms with Crippen LogP contribution >= 0.6 is 7.92 Å². The molecule has 2 heterocycles. The summed E-state index contributed by atoms with van der Waals surface area (Å²) in [5.41, 5.74) is 2.24. The molecule has 7 aromatic rings. The highest BCUT2D eigenvalue weighted by molar-refractivity contribution is 7.80. The van der Waals surface area contributed by atoms with E-state index in [1.165, 1.54) is 37.5 Å². The Bertz CT molecular complexity index is 2040. The summed E-state index contributed by atoms with van der Waals surface area (Å²) in [5.74, 6) is 3.72. The Morgan fingerprint density at radius 3 is 1.54 bits per heavy atom. The lowest BCUT2D eigenvalue weighted by Crippen LogP contribution is -2.32. The molecule has 0 aromatic heterocycles. The van der Waals surface area contributed by atoms with Crippen LogP contribution in [0.25, 0.3) is 43.4 Å². The van der Waals surface area contributed by atoms with E-state index in [4.69, 9.17) is 9.47 Å². The highest BCUT2D eigenvalue weighted by Crippen LogP contribution is 2.55. The molecule has 2 nitrogen and oxygen atoms in total. The maximum absolute atomic E-state index is 6.83. The average Bonchev–Trinajstić information content (AvgIpc) is 3.00. The van der Waals surface area contributed by atoms with Gasteiger partial charge in [0, 0.05) is 29.3 Å². The number of benzene rings is 7. The molecule has 0 saturated carbocycles. The molecule has 0 atom stereocenters. The van der Waals surface area contributed by atoms with Crippen LogP contribution in [-0.2, 0) is 0 Å². The molecule has 0 saturated heterocycles. The van der Waals surface area contributed by atoms with Crippen molar-refractivity contribution in [2.75, 3.05) is 0 Å². The van der Waals surface area contributed by atoms with Gasteiger partial charge in [-0.05, 0) is 63.0 Å². The third kappa shape index (κ3) is 3.07. The molecular weight excluding hydrogens is 495 g/mol. The van der Waals surface area contributed by atoms with E-state index in [1.807, 2.05) is 0 Å². The van der Waals surface area contributed by atoms with Gasteiger partial charge in [-0.2, -0.15) is 0 Å². The first-order valence-corrected chi connectivity index (χ1v) is 14.5. The maximum atomic E-state index is 6.83. The SMILES string of the molecule is c1ccc2cc(-c3cc4c5c(c3)Oc3c(ccc6ccccc36)P5c3ccc5ccccc5c3O4)ccc2c1. The van der Waals surface area contributed by atoms with Crippen LogP contribution in [0.4, 0.5) is 0 Å². The van der Waals surface area contributed by atoms with Gasteiger partial charge in [0.05, 0.1) is 5.30 Å². The Morgan fingerprint density at radius 2 is 0.923 bits per heavy atom. The van der Waals surface area contributed by atoms with E-state index in [-0.39, 0.29) is 0 Å². The highest BCUT2D eigenvalue weighted by atomic mass is 31.1. The predicted molar refractivity (Wildman–Crippen MR) is 163 cm³/mol. The molecule has 0 spiro atoms. The van der Waals surface area contributed by atoms with E-state index in [9.17, 15) is 0 Å². The molecule has 2 aliphatic rings. The van der Waals surface area contributed by atoms with E-state index in [2.05, 4.69) is 127 Å². The van der Waals surface area contributed by atoms with Crippen molar-refractivity contribution in [3.63, 3.8) is 0 Å². The molecule has 182 valence electrons. The lowest BCUT2D eigenvalue weighted by molar-refractivity contribution is 0.472. The zero-order valence-electron chi connectivity index (χ0n) is 20.9. The van der Waals surface area contributed by atoms with Gasteiger partial charge in [0.15, 0.2) is 0 Å². The molecule has 7 aromatic carbocycles. The van der Waals surface area contributed by atoms with Gasteiger partial charge >= 0.3 is 0 Å². The van der Waals surface area contributed by atoms with Crippen LogP contribution in [0.3, 0.4) is 0 Å². The Morgan fingerprint density at radius 1 is 0.410 bits per heavy atom. The molecule has 2 aliphatic heterocycles. The van der Waals surface area contributed by atoms with Crippen molar-refractivity contribution in [3.05, 3.63) is 127 Å². The maximum Gasteiger partial charge on any atom is 0.143 e. The van der Waals surface area contributed by atoms with Crippen molar-refractivity contribution in [2.45, 2.75) is 0 Å². The van der Waals surface area contributed by atoms with Crippen LogP contribution in [0.2, 0.25) is 0 Å². The second kappa shape index (κ2) is 7.93. The minimum atomic E-state index is -0.857. The molecule has 39 heavy (non-hydrogen) atoms. The summed E-state index contributed by atoms with van der Waals surface area (Å²) in [6.45, 7) is 0. The van der Waals surface area contributed by atoms with Crippen molar-refractivity contribution < 1.29 is 9.47 Å². The third-order valence-corrected chi connectivity index (χ3v) is 10.5. The van der Waals surface area contributed by atoms with Crippen LogP contribution < -0.4 is 25.4 Å². The van der Waals surface area contributed by atoms with Crippen molar-refractivity contribution in [2.24, 2.45) is 0 Å². The fraction of sp³-hybridized carbons (Fsp3) is 0. The van der Waals surface area contributed by atoms with Crippen molar-refractivity contribution in [1.29, 1.82) is 0 Å². The van der Waals surface area contributed by atoms with Crippen molar-refractivity contribution in [1.82, 2.24) is 0 Å². The summed E-state index contributed by atoms with van der Waals surface area (Å²) in [4.78, 5) is 0. The molecule has 0 fully saturated rings. The van der Waals surface area contributed by atoms with E-state index in [1.54, 1.807) is 0 Å². The first kappa shape index (κ1) is 21.3. The number of hydrogen-bond acceptors (Lipinski definition) is 2. The van der Waals surface area contributed by atoms with Crippen LogP contribution in [0, 0.1) is 0 Å². The second-order valence-electron chi connectivity index (χ2n) is 10.2. The van der Waals surface area contributed by atoms with E-state index < -0.39 is 7.92 Å². The Labute approximate surface area is 226 Å². The average molecular weight is 517 g/mol. The molecule has 9 rings (SSSR count). The van der Waals surface area contributed by atoms with Gasteiger partial charge in [-0.3, -0.25) is 0 Å². The van der Waals surface area contributed by atoms with Crippen LogP contribution in [-0.4, -0.2) is 0 Å². The zero-order valence-corrected chi connectivity index (χ0v) is 21.8. The van der Waals surface area contributed by atoms with Gasteiger partial charge in [0.25, 0.3) is 0 Å². The van der Waals surface area contributed by atoms with E-state index >= 15 is 0 Å². The second-order valence-corrected chi connectivity index (χ2v) is 12.3. The zero-order chi connectivity index (χ0) is 25.5. The monoisotopic (exact) mass is 516 g/mol. The highest BCUT2D eigenvalue weighted by Gasteiger charge is 2.38. The topological polar surface area (TPSA) is 18.5 Å². The van der Waals surface area contributed by atoms with Crippen molar-refractivity contribution in [3.8, 4) is 34.1 Å². The predicted octanol–water partition coefficient (Wildman–Crippen LogP) is 8.78. The first-order valence-electron chi connectivity index (χ1n) is 13.2. The van der Waals surface area contributed by atoms with Gasteiger partial charge in [-0.15, -0.1) is 0 Å². The van der Waals surface area contributed by atoms with Gasteiger partial charge in [-0.1, -0.05) is 97.1 Å². The van der Waals surface area contributed by atoms with Gasteiger partial charge in [-0.25, -0.2) is 0 Å². The summed E-state index contributed by atoms with van der Waals surface area (Å²) in [5, 5.41) is 10.8. The lowest BCUT2D eigenvalue weighted by atomic mass is 10.0. The Balaban J connectivity index is 1.34. The van der Waals surface area contributed by atoms with E-state index in [0.29, 0.717) is 0 Å². The quantitative estimate of drug-likeness (QED) is 0.203. The fourth-order valence-electron chi connectivity index (χ4n) is 6.11. The summed E-state index contributed by atoms with van der Waals surface area (Å²) in [7, 11) is -0.857. The largest absolute Gasteiger partial charge is 0.455 e. The molecule has 0 unspecified atom stereocenters. The summed E-state index contributed by atoms with van der Waals surface area (Å²) < 4.78 is 13.7. The third-order valence-electron chi connectivity index (χ3n) is 7.97. The molecule has 0 N–H and O–H groups in total. The van der Waals surface area contributed by atoms with Crippen LogP contribution in [0.15, 0.2) is 127 Å². The summed E-state index contributed by atoms with van der Waals surface area (Å²) in [6, 6.07) is 45.5. The Kier molecular flexibility index (Phi) is 4.33. The number of hydrogen-bond donors (Lipinski definition) is 0. The van der Waals surface area contributed by atoms with Crippen molar-refractivity contribution >= 4 is 56.2 Å². The van der Waals surface area contributed by atoms with E-state index in [0.717, 1.165) is 44.9 Å². The van der Waals surface area contributed by atoms with Gasteiger partial charge in [0.1, 0.15) is 23.0 Å². The summed E-state index contributed by atoms with van der Waals surface area (Å²) >= 11 is 0. The fourth-order valence-corrected chi connectivity index (χ4v) is 8.70. The minimum Gasteiger partial charge on any atom is -0.455 e. The summed E-state index contributed by atoms with van der Waals surface area (Å²) in [6.07, 6.45) is 0. The standard InChI is InChI=1S/C36H21O2P/c1-2-10-25-19-26(14-13-22(25)7-1)27-20-30-36-31(21-27)38-35-29-12-6-4-9-24(29)16-18-33(35)39(36)32-17-15-23-8-3-5-11-28(23)34(32)37-30/h1-21H. The smallest absolute Gasteiger partial charge is 0.143 e. The van der Waals surface area contributed by atoms with Crippen LogP contribution in [0.1, 0.15) is 0 Å². The minimum absolute atomic E-state index is 0.857.